The Morgan fingerprint density at radius 2 is 2.03 bits per heavy atom. The molecule has 1 aromatic carbocycles. The number of amides is 2. The van der Waals surface area contributed by atoms with Crippen LogP contribution in [-0.2, 0) is 4.74 Å². The Morgan fingerprint density at radius 3 is 2.68 bits per heavy atom. The SMILES string of the molecule is CN=CC(NC(=O)Nc1ccc(C)c(-c2cc(OCCO)nc(N3CCOCC3)c2)c1)=C(N)C(F)(F)F. The minimum atomic E-state index is -4.84. The molecule has 0 spiro atoms. The number of halogens is 3. The van der Waals surface area contributed by atoms with Crippen LogP contribution in [0.15, 0.2) is 46.7 Å². The second-order valence-corrected chi connectivity index (χ2v) is 8.04. The molecular formula is C24H29F3N6O4. The summed E-state index contributed by atoms with van der Waals surface area (Å²) >= 11 is 0. The standard InChI is InChI=1S/C24H29F3N6O4/c1-15-3-4-17(30-23(35)31-19(14-29-2)22(28)24(25,26)27)13-18(15)16-11-20(33-5-8-36-9-6-33)32-21(12-16)37-10-7-34/h3-4,11-14,34H,5-10,28H2,1-2H3,(H2,30,31,35). The van der Waals surface area contributed by atoms with Gasteiger partial charge in [0.2, 0.25) is 5.88 Å². The number of pyridine rings is 1. The van der Waals surface area contributed by atoms with Crippen molar-refractivity contribution in [1.29, 1.82) is 0 Å². The molecule has 10 nitrogen and oxygen atoms in total. The topological polar surface area (TPSA) is 134 Å². The predicted molar refractivity (Wildman–Crippen MR) is 134 cm³/mol. The minimum absolute atomic E-state index is 0.0672. The lowest BCUT2D eigenvalue weighted by molar-refractivity contribution is -0.0933. The number of aliphatic hydroxyl groups excluding tert-OH is 1. The molecule has 1 fully saturated rings. The first-order chi connectivity index (χ1) is 17.6. The van der Waals surface area contributed by atoms with E-state index in [0.717, 1.165) is 22.9 Å². The highest BCUT2D eigenvalue weighted by molar-refractivity contribution is 5.96. The molecule has 2 amide bonds. The molecule has 200 valence electrons. The second-order valence-electron chi connectivity index (χ2n) is 8.04. The van der Waals surface area contributed by atoms with Gasteiger partial charge in [-0.05, 0) is 41.8 Å². The van der Waals surface area contributed by atoms with E-state index in [2.05, 4.69) is 25.5 Å². The molecule has 0 bridgehead atoms. The lowest BCUT2D eigenvalue weighted by atomic mass is 10.0. The van der Waals surface area contributed by atoms with E-state index < -0.39 is 23.6 Å². The zero-order valence-corrected chi connectivity index (χ0v) is 20.4. The predicted octanol–water partition coefficient (Wildman–Crippen LogP) is 2.82. The van der Waals surface area contributed by atoms with Gasteiger partial charge in [-0.3, -0.25) is 4.99 Å². The van der Waals surface area contributed by atoms with Crippen LogP contribution >= 0.6 is 0 Å². The van der Waals surface area contributed by atoms with Gasteiger partial charge >= 0.3 is 12.2 Å². The van der Waals surface area contributed by atoms with Crippen LogP contribution in [0.5, 0.6) is 5.88 Å². The van der Waals surface area contributed by atoms with E-state index in [4.69, 9.17) is 20.3 Å². The number of urea groups is 1. The number of aryl methyl sites for hydroxylation is 1. The van der Waals surface area contributed by atoms with Crippen LogP contribution in [0.25, 0.3) is 11.1 Å². The molecule has 5 N–H and O–H groups in total. The number of aliphatic imine (C=N–C) groups is 1. The van der Waals surface area contributed by atoms with Crippen molar-refractivity contribution in [3.8, 4) is 17.0 Å². The van der Waals surface area contributed by atoms with E-state index in [1.807, 2.05) is 13.0 Å². The van der Waals surface area contributed by atoms with Crippen LogP contribution < -0.4 is 26.0 Å². The number of alkyl halides is 3. The summed E-state index contributed by atoms with van der Waals surface area (Å²) in [5.41, 5.74) is 5.69. The molecule has 0 atom stereocenters. The van der Waals surface area contributed by atoms with Crippen molar-refractivity contribution in [2.75, 3.05) is 56.8 Å². The molecule has 1 aliphatic heterocycles. The fourth-order valence-electron chi connectivity index (χ4n) is 3.57. The van der Waals surface area contributed by atoms with Crippen LogP contribution in [0.1, 0.15) is 5.56 Å². The lowest BCUT2D eigenvalue weighted by Crippen LogP contribution is -2.36. The number of morpholine rings is 1. The van der Waals surface area contributed by atoms with Crippen LogP contribution in [0.4, 0.5) is 29.5 Å². The zero-order valence-electron chi connectivity index (χ0n) is 20.4. The lowest BCUT2D eigenvalue weighted by Gasteiger charge is -2.28. The second kappa shape index (κ2) is 12.4. The summed E-state index contributed by atoms with van der Waals surface area (Å²) in [7, 11) is 1.26. The number of anilines is 2. The normalized spacial score (nSPS) is 14.9. The van der Waals surface area contributed by atoms with Crippen molar-refractivity contribution in [2.24, 2.45) is 10.7 Å². The van der Waals surface area contributed by atoms with Gasteiger partial charge in [0.05, 0.1) is 25.5 Å². The Bertz CT molecular complexity index is 1160. The molecule has 1 aliphatic rings. The molecule has 37 heavy (non-hydrogen) atoms. The van der Waals surface area contributed by atoms with E-state index in [9.17, 15) is 18.0 Å². The van der Waals surface area contributed by atoms with E-state index >= 15 is 0 Å². The Balaban J connectivity index is 1.90. The van der Waals surface area contributed by atoms with Crippen LogP contribution in [0, 0.1) is 6.92 Å². The number of aliphatic hydroxyl groups is 1. The largest absolute Gasteiger partial charge is 0.475 e. The number of nitrogens with zero attached hydrogens (tertiary/aromatic N) is 3. The van der Waals surface area contributed by atoms with Crippen molar-refractivity contribution < 1.29 is 32.5 Å². The number of allylic oxidation sites excluding steroid dienone is 2. The third kappa shape index (κ3) is 7.57. The monoisotopic (exact) mass is 522 g/mol. The van der Waals surface area contributed by atoms with Crippen molar-refractivity contribution in [3.05, 3.63) is 47.3 Å². The quantitative estimate of drug-likeness (QED) is 0.392. The van der Waals surface area contributed by atoms with Gasteiger partial charge in [-0.1, -0.05) is 6.07 Å². The number of hydrogen-bond acceptors (Lipinski definition) is 8. The van der Waals surface area contributed by atoms with Crippen molar-refractivity contribution in [2.45, 2.75) is 13.1 Å². The van der Waals surface area contributed by atoms with Gasteiger partial charge in [-0.15, -0.1) is 0 Å². The third-order valence-electron chi connectivity index (χ3n) is 5.37. The van der Waals surface area contributed by atoms with E-state index in [1.54, 1.807) is 24.3 Å². The number of nitrogens with two attached hydrogens (primary N) is 1. The number of hydrogen-bond donors (Lipinski definition) is 4. The summed E-state index contributed by atoms with van der Waals surface area (Å²) in [6, 6.07) is 7.75. The molecule has 0 aliphatic carbocycles. The number of ether oxygens (including phenoxy) is 2. The molecule has 13 heteroatoms. The summed E-state index contributed by atoms with van der Waals surface area (Å²) in [6.45, 7) is 4.19. The molecule has 2 heterocycles. The summed E-state index contributed by atoms with van der Waals surface area (Å²) in [5, 5.41) is 13.8. The van der Waals surface area contributed by atoms with Gasteiger partial charge in [0.15, 0.2) is 0 Å². The number of carbonyl (C=O) groups excluding carboxylic acids is 1. The highest BCUT2D eigenvalue weighted by atomic mass is 19.4. The van der Waals surface area contributed by atoms with E-state index in [1.165, 1.54) is 7.05 Å². The van der Waals surface area contributed by atoms with Gasteiger partial charge in [0.1, 0.15) is 18.1 Å². The summed E-state index contributed by atoms with van der Waals surface area (Å²) < 4.78 is 50.0. The number of nitrogens with one attached hydrogen (secondary N) is 2. The van der Waals surface area contributed by atoms with Crippen LogP contribution in [0.3, 0.4) is 0 Å². The smallest absolute Gasteiger partial charge is 0.432 e. The van der Waals surface area contributed by atoms with E-state index in [0.29, 0.717) is 43.7 Å². The summed E-state index contributed by atoms with van der Waals surface area (Å²) in [5.74, 6) is 0.986. The number of rotatable bonds is 8. The minimum Gasteiger partial charge on any atom is -0.475 e. The molecule has 0 unspecified atom stereocenters. The number of benzene rings is 1. The molecule has 1 saturated heterocycles. The Hall–Kier alpha value is -3.84. The van der Waals surface area contributed by atoms with Gasteiger partial charge in [0.25, 0.3) is 0 Å². The summed E-state index contributed by atoms with van der Waals surface area (Å²) in [6.07, 6.45) is -4.02. The molecule has 2 aromatic rings. The highest BCUT2D eigenvalue weighted by Gasteiger charge is 2.34. The molecule has 0 radical (unpaired) electrons. The van der Waals surface area contributed by atoms with Gasteiger partial charge in [0, 0.05) is 38.1 Å². The van der Waals surface area contributed by atoms with Crippen molar-refractivity contribution in [3.63, 3.8) is 0 Å². The zero-order chi connectivity index (χ0) is 27.0. The van der Waals surface area contributed by atoms with Crippen molar-refractivity contribution in [1.82, 2.24) is 10.3 Å². The third-order valence-corrected chi connectivity index (χ3v) is 5.37. The average molecular weight is 523 g/mol. The molecule has 3 rings (SSSR count). The fraction of sp³-hybridized carbons (Fsp3) is 0.375. The van der Waals surface area contributed by atoms with Gasteiger partial charge in [-0.2, -0.15) is 18.2 Å². The number of aromatic nitrogens is 1. The highest BCUT2D eigenvalue weighted by Crippen LogP contribution is 2.32. The maximum Gasteiger partial charge on any atom is 0.432 e. The van der Waals surface area contributed by atoms with Crippen LogP contribution in [-0.4, -0.2) is 75.1 Å². The maximum atomic E-state index is 13.0. The first-order valence-electron chi connectivity index (χ1n) is 11.4. The van der Waals surface area contributed by atoms with Crippen molar-refractivity contribution >= 4 is 23.8 Å². The molecular weight excluding hydrogens is 493 g/mol. The van der Waals surface area contributed by atoms with Gasteiger partial charge < -0.3 is 35.8 Å². The first-order valence-corrected chi connectivity index (χ1v) is 11.4. The van der Waals surface area contributed by atoms with Crippen LogP contribution in [0.2, 0.25) is 0 Å². The molecule has 1 aromatic heterocycles. The molecule has 0 saturated carbocycles. The Kier molecular flexibility index (Phi) is 9.31. The maximum absolute atomic E-state index is 13.0. The first kappa shape index (κ1) is 27.7. The average Bonchev–Trinajstić information content (AvgIpc) is 2.87. The summed E-state index contributed by atoms with van der Waals surface area (Å²) in [4.78, 5) is 22.6. The van der Waals surface area contributed by atoms with E-state index in [-0.39, 0.29) is 13.2 Å². The Morgan fingerprint density at radius 1 is 1.30 bits per heavy atom. The fourth-order valence-corrected chi connectivity index (χ4v) is 3.57. The number of carbonyl (C=O) groups is 1. The Labute approximate surface area is 212 Å². The van der Waals surface area contributed by atoms with Gasteiger partial charge in [-0.25, -0.2) is 4.79 Å².